The van der Waals surface area contributed by atoms with Crippen molar-refractivity contribution in [1.82, 2.24) is 15.2 Å². The SMILES string of the molecule is CCOC(=O)c1c(NC(=O)CN2CCC(NC(=O)c3scnc3C)CC2)sc2c1CCC2. The standard InChI is InChI=1S/C22H28N4O4S2/c1-3-30-22(29)18-15-5-4-6-16(15)32-21(18)25-17(27)11-26-9-7-14(8-10-26)24-20(28)19-13(2)23-12-31-19/h12,14H,3-11H2,1-2H3,(H,24,28)(H,25,27). The van der Waals surface area contributed by atoms with E-state index < -0.39 is 0 Å². The fourth-order valence-corrected chi connectivity index (χ4v) is 6.29. The smallest absolute Gasteiger partial charge is 0.341 e. The molecule has 0 bridgehead atoms. The second-order valence-electron chi connectivity index (χ2n) is 8.12. The first-order chi connectivity index (χ1) is 15.5. The van der Waals surface area contributed by atoms with E-state index in [1.54, 1.807) is 12.4 Å². The van der Waals surface area contributed by atoms with Crippen LogP contribution >= 0.6 is 22.7 Å². The third-order valence-corrected chi connectivity index (χ3v) is 8.03. The number of nitrogens with one attached hydrogen (secondary N) is 2. The van der Waals surface area contributed by atoms with E-state index >= 15 is 0 Å². The molecule has 0 radical (unpaired) electrons. The van der Waals surface area contributed by atoms with Gasteiger partial charge in [0.05, 0.1) is 29.9 Å². The number of aryl methyl sites for hydroxylation is 2. The number of aromatic nitrogens is 1. The Hall–Kier alpha value is -2.30. The van der Waals surface area contributed by atoms with Gasteiger partial charge in [-0.3, -0.25) is 14.5 Å². The molecule has 3 heterocycles. The van der Waals surface area contributed by atoms with Crippen LogP contribution in [0, 0.1) is 6.92 Å². The van der Waals surface area contributed by atoms with E-state index in [1.165, 1.54) is 27.6 Å². The first-order valence-electron chi connectivity index (χ1n) is 11.0. The van der Waals surface area contributed by atoms with Crippen LogP contribution in [0.15, 0.2) is 5.51 Å². The molecule has 172 valence electrons. The van der Waals surface area contributed by atoms with Gasteiger partial charge >= 0.3 is 5.97 Å². The topological polar surface area (TPSA) is 101 Å². The molecule has 1 saturated heterocycles. The molecule has 0 atom stereocenters. The summed E-state index contributed by atoms with van der Waals surface area (Å²) in [5.41, 5.74) is 4.01. The van der Waals surface area contributed by atoms with Crippen molar-refractivity contribution in [2.75, 3.05) is 31.6 Å². The van der Waals surface area contributed by atoms with Gasteiger partial charge in [0.2, 0.25) is 5.91 Å². The number of fused-ring (bicyclic) bond motifs is 1. The molecule has 2 N–H and O–H groups in total. The minimum atomic E-state index is -0.352. The lowest BCUT2D eigenvalue weighted by atomic mass is 10.0. The second-order valence-corrected chi connectivity index (χ2v) is 10.1. The predicted molar refractivity (Wildman–Crippen MR) is 125 cm³/mol. The number of anilines is 1. The van der Waals surface area contributed by atoms with Crippen molar-refractivity contribution in [3.8, 4) is 0 Å². The van der Waals surface area contributed by atoms with E-state index in [-0.39, 0.29) is 30.4 Å². The molecular formula is C22H28N4O4S2. The van der Waals surface area contributed by atoms with Gasteiger partial charge < -0.3 is 15.4 Å². The summed E-state index contributed by atoms with van der Waals surface area (Å²) in [7, 11) is 0. The van der Waals surface area contributed by atoms with Gasteiger partial charge in [0.15, 0.2) is 0 Å². The second kappa shape index (κ2) is 10.1. The molecule has 0 spiro atoms. The Bertz CT molecular complexity index is 1010. The number of esters is 1. The lowest BCUT2D eigenvalue weighted by Gasteiger charge is -2.31. The van der Waals surface area contributed by atoms with Crippen LogP contribution in [0.2, 0.25) is 0 Å². The number of thiophene rings is 1. The Labute approximate surface area is 195 Å². The van der Waals surface area contributed by atoms with Crippen molar-refractivity contribution < 1.29 is 19.1 Å². The highest BCUT2D eigenvalue weighted by Gasteiger charge is 2.29. The van der Waals surface area contributed by atoms with Gasteiger partial charge in [0.25, 0.3) is 5.91 Å². The van der Waals surface area contributed by atoms with E-state index in [0.29, 0.717) is 22.0 Å². The van der Waals surface area contributed by atoms with Crippen molar-refractivity contribution >= 4 is 45.5 Å². The molecule has 0 aromatic carbocycles. The normalized spacial score (nSPS) is 16.6. The summed E-state index contributed by atoms with van der Waals surface area (Å²) in [6.45, 7) is 5.65. The number of ether oxygens (including phenoxy) is 1. The molecule has 2 aromatic heterocycles. The number of likely N-dealkylation sites (tertiary alicyclic amines) is 1. The molecule has 4 rings (SSSR count). The lowest BCUT2D eigenvalue weighted by molar-refractivity contribution is -0.117. The minimum Gasteiger partial charge on any atom is -0.462 e. The van der Waals surface area contributed by atoms with Gasteiger partial charge in [-0.25, -0.2) is 9.78 Å². The molecule has 2 amide bonds. The van der Waals surface area contributed by atoms with Crippen LogP contribution in [-0.2, 0) is 22.4 Å². The van der Waals surface area contributed by atoms with Gasteiger partial charge in [-0.05, 0) is 51.5 Å². The van der Waals surface area contributed by atoms with Gasteiger partial charge in [0, 0.05) is 24.0 Å². The van der Waals surface area contributed by atoms with Gasteiger partial charge in [-0.1, -0.05) is 0 Å². The molecular weight excluding hydrogens is 448 g/mol. The summed E-state index contributed by atoms with van der Waals surface area (Å²) in [5.74, 6) is -0.549. The first kappa shape index (κ1) is 22.9. The summed E-state index contributed by atoms with van der Waals surface area (Å²) in [4.78, 5) is 45.6. The maximum absolute atomic E-state index is 12.7. The average Bonchev–Trinajstić information content (AvgIpc) is 3.45. The Morgan fingerprint density at radius 2 is 2.03 bits per heavy atom. The lowest BCUT2D eigenvalue weighted by Crippen LogP contribution is -2.46. The maximum atomic E-state index is 12.7. The van der Waals surface area contributed by atoms with Crippen LogP contribution in [0.3, 0.4) is 0 Å². The molecule has 0 saturated carbocycles. The molecule has 1 aliphatic carbocycles. The van der Waals surface area contributed by atoms with E-state index in [4.69, 9.17) is 4.74 Å². The van der Waals surface area contributed by atoms with Crippen LogP contribution < -0.4 is 10.6 Å². The number of rotatable bonds is 7. The van der Waals surface area contributed by atoms with Crippen molar-refractivity contribution in [2.24, 2.45) is 0 Å². The first-order valence-corrected chi connectivity index (χ1v) is 12.7. The van der Waals surface area contributed by atoms with E-state index in [9.17, 15) is 14.4 Å². The largest absolute Gasteiger partial charge is 0.462 e. The van der Waals surface area contributed by atoms with Crippen molar-refractivity contribution in [3.05, 3.63) is 32.1 Å². The molecule has 2 aromatic rings. The molecule has 1 fully saturated rings. The Morgan fingerprint density at radius 1 is 1.25 bits per heavy atom. The zero-order valence-electron chi connectivity index (χ0n) is 18.4. The van der Waals surface area contributed by atoms with Crippen LogP contribution in [0.4, 0.5) is 5.00 Å². The fraction of sp³-hybridized carbons (Fsp3) is 0.545. The van der Waals surface area contributed by atoms with Crippen LogP contribution in [0.25, 0.3) is 0 Å². The van der Waals surface area contributed by atoms with Gasteiger partial charge in [0.1, 0.15) is 9.88 Å². The maximum Gasteiger partial charge on any atom is 0.341 e. The van der Waals surface area contributed by atoms with E-state index in [0.717, 1.165) is 56.5 Å². The number of carbonyl (C=O) groups excluding carboxylic acids is 3. The fourth-order valence-electron chi connectivity index (χ4n) is 4.29. The number of hydrogen-bond donors (Lipinski definition) is 2. The summed E-state index contributed by atoms with van der Waals surface area (Å²) < 4.78 is 5.23. The number of thiazole rings is 1. The van der Waals surface area contributed by atoms with Crippen molar-refractivity contribution in [2.45, 2.75) is 52.0 Å². The minimum absolute atomic E-state index is 0.0709. The summed E-state index contributed by atoms with van der Waals surface area (Å²) in [6, 6.07) is 0.0963. The zero-order chi connectivity index (χ0) is 22.7. The third kappa shape index (κ3) is 5.02. The molecule has 10 heteroatoms. The Balaban J connectivity index is 1.29. The number of nitrogens with zero attached hydrogens (tertiary/aromatic N) is 2. The van der Waals surface area contributed by atoms with E-state index in [2.05, 4.69) is 20.5 Å². The van der Waals surface area contributed by atoms with Crippen molar-refractivity contribution in [1.29, 1.82) is 0 Å². The van der Waals surface area contributed by atoms with Crippen molar-refractivity contribution in [3.63, 3.8) is 0 Å². The number of amides is 2. The highest BCUT2D eigenvalue weighted by atomic mass is 32.1. The summed E-state index contributed by atoms with van der Waals surface area (Å²) in [5, 5.41) is 6.65. The number of carbonyl (C=O) groups is 3. The van der Waals surface area contributed by atoms with Crippen LogP contribution in [-0.4, -0.2) is 60.0 Å². The number of hydrogen-bond acceptors (Lipinski definition) is 8. The Kier molecular flexibility index (Phi) is 7.22. The molecule has 1 aliphatic heterocycles. The molecule has 8 nitrogen and oxygen atoms in total. The average molecular weight is 477 g/mol. The quantitative estimate of drug-likeness (QED) is 0.596. The summed E-state index contributed by atoms with van der Waals surface area (Å²) in [6.07, 6.45) is 4.42. The van der Waals surface area contributed by atoms with Crippen LogP contribution in [0.5, 0.6) is 0 Å². The van der Waals surface area contributed by atoms with Crippen LogP contribution in [0.1, 0.15) is 62.4 Å². The zero-order valence-corrected chi connectivity index (χ0v) is 20.0. The monoisotopic (exact) mass is 476 g/mol. The number of piperidine rings is 1. The highest BCUT2D eigenvalue weighted by Crippen LogP contribution is 2.39. The predicted octanol–water partition coefficient (Wildman–Crippen LogP) is 3.01. The molecule has 2 aliphatic rings. The highest BCUT2D eigenvalue weighted by molar-refractivity contribution is 7.17. The Morgan fingerprint density at radius 3 is 2.72 bits per heavy atom. The summed E-state index contributed by atoms with van der Waals surface area (Å²) >= 11 is 2.85. The van der Waals surface area contributed by atoms with Gasteiger partial charge in [-0.2, -0.15) is 0 Å². The molecule has 32 heavy (non-hydrogen) atoms. The van der Waals surface area contributed by atoms with E-state index in [1.807, 2.05) is 6.92 Å². The van der Waals surface area contributed by atoms with Gasteiger partial charge in [-0.15, -0.1) is 22.7 Å². The molecule has 0 unspecified atom stereocenters. The third-order valence-electron chi connectivity index (χ3n) is 5.90.